The highest BCUT2D eigenvalue weighted by Crippen LogP contribution is 2.23. The van der Waals surface area contributed by atoms with E-state index in [1.54, 1.807) is 12.1 Å². The lowest BCUT2D eigenvalue weighted by Gasteiger charge is -2.13. The molecular weight excluding hydrogens is 265 g/mol. The Balaban J connectivity index is 2.50. The van der Waals surface area contributed by atoms with Gasteiger partial charge in [-0.1, -0.05) is 26.0 Å². The van der Waals surface area contributed by atoms with Gasteiger partial charge in [-0.3, -0.25) is 0 Å². The molecule has 1 atom stereocenters. The number of rotatable bonds is 5. The Morgan fingerprint density at radius 2 is 1.72 bits per heavy atom. The molecule has 0 aliphatic rings. The molecule has 1 rings (SSSR count). The van der Waals surface area contributed by atoms with Gasteiger partial charge in [0.25, 0.3) is 0 Å². The van der Waals surface area contributed by atoms with Crippen LogP contribution < -0.4 is 4.74 Å². The van der Waals surface area contributed by atoms with Gasteiger partial charge in [0.15, 0.2) is 0 Å². The summed E-state index contributed by atoms with van der Waals surface area (Å²) in [6, 6.07) is 5.90. The Labute approximate surface area is 110 Å². The molecule has 0 radical (unpaired) electrons. The van der Waals surface area contributed by atoms with Gasteiger partial charge in [0.05, 0.1) is 0 Å². The standard InChI is InChI=1S/C13H16ClF3O/c1-9(2)12(14)8-5-10-3-6-11(7-4-10)18-13(15,16)17/h3-4,6-7,9,12H,5,8H2,1-2H3. The second kappa shape index (κ2) is 6.32. The summed E-state index contributed by atoms with van der Waals surface area (Å²) in [6.45, 7) is 4.08. The number of benzene rings is 1. The molecule has 0 fully saturated rings. The highest BCUT2D eigenvalue weighted by molar-refractivity contribution is 6.20. The van der Waals surface area contributed by atoms with Crippen molar-refractivity contribution in [2.24, 2.45) is 5.92 Å². The molecule has 0 saturated carbocycles. The summed E-state index contributed by atoms with van der Waals surface area (Å²) in [5.41, 5.74) is 0.954. The van der Waals surface area contributed by atoms with Gasteiger partial charge >= 0.3 is 6.36 Å². The van der Waals surface area contributed by atoms with Gasteiger partial charge in [-0.25, -0.2) is 0 Å². The van der Waals surface area contributed by atoms with Crippen LogP contribution in [0.25, 0.3) is 0 Å². The third-order valence-corrected chi connectivity index (χ3v) is 3.31. The van der Waals surface area contributed by atoms with Crippen molar-refractivity contribution in [3.05, 3.63) is 29.8 Å². The zero-order chi connectivity index (χ0) is 13.8. The summed E-state index contributed by atoms with van der Waals surface area (Å²) >= 11 is 6.11. The van der Waals surface area contributed by atoms with E-state index < -0.39 is 6.36 Å². The van der Waals surface area contributed by atoms with Crippen LogP contribution in [-0.4, -0.2) is 11.7 Å². The minimum atomic E-state index is -4.64. The first-order valence-electron chi connectivity index (χ1n) is 5.76. The molecule has 0 heterocycles. The zero-order valence-corrected chi connectivity index (χ0v) is 11.1. The predicted molar refractivity (Wildman–Crippen MR) is 65.9 cm³/mol. The quantitative estimate of drug-likeness (QED) is 0.705. The van der Waals surface area contributed by atoms with Crippen molar-refractivity contribution in [2.75, 3.05) is 0 Å². The molecule has 0 amide bonds. The molecule has 18 heavy (non-hydrogen) atoms. The molecule has 102 valence electrons. The van der Waals surface area contributed by atoms with Crippen molar-refractivity contribution in [3.63, 3.8) is 0 Å². The lowest BCUT2D eigenvalue weighted by atomic mass is 10.0. The van der Waals surface area contributed by atoms with E-state index >= 15 is 0 Å². The maximum absolute atomic E-state index is 11.9. The van der Waals surface area contributed by atoms with Crippen molar-refractivity contribution >= 4 is 11.6 Å². The molecule has 0 N–H and O–H groups in total. The summed E-state index contributed by atoms with van der Waals surface area (Å²) in [6.07, 6.45) is -3.09. The molecule has 0 aliphatic carbocycles. The van der Waals surface area contributed by atoms with Crippen LogP contribution in [0, 0.1) is 5.92 Å². The van der Waals surface area contributed by atoms with Crippen LogP contribution in [0.15, 0.2) is 24.3 Å². The monoisotopic (exact) mass is 280 g/mol. The summed E-state index contributed by atoms with van der Waals surface area (Å²) in [5.74, 6) is 0.192. The van der Waals surface area contributed by atoms with Crippen molar-refractivity contribution < 1.29 is 17.9 Å². The molecule has 1 aromatic carbocycles. The minimum Gasteiger partial charge on any atom is -0.406 e. The number of halogens is 4. The van der Waals surface area contributed by atoms with E-state index in [1.165, 1.54) is 12.1 Å². The Kier molecular flexibility index (Phi) is 5.32. The van der Waals surface area contributed by atoms with Gasteiger partial charge in [-0.15, -0.1) is 24.8 Å². The van der Waals surface area contributed by atoms with E-state index in [0.29, 0.717) is 5.92 Å². The first kappa shape index (κ1) is 15.2. The van der Waals surface area contributed by atoms with Gasteiger partial charge in [0.1, 0.15) is 5.75 Å². The number of hydrogen-bond acceptors (Lipinski definition) is 1. The number of aryl methyl sites for hydroxylation is 1. The fourth-order valence-corrected chi connectivity index (χ4v) is 1.60. The predicted octanol–water partition coefficient (Wildman–Crippen LogP) is 4.78. The lowest BCUT2D eigenvalue weighted by Crippen LogP contribution is -2.17. The van der Waals surface area contributed by atoms with Crippen molar-refractivity contribution in [3.8, 4) is 5.75 Å². The Hall–Kier alpha value is -0.900. The SMILES string of the molecule is CC(C)C(Cl)CCc1ccc(OC(F)(F)F)cc1. The highest BCUT2D eigenvalue weighted by Gasteiger charge is 2.30. The molecule has 0 bridgehead atoms. The molecule has 1 unspecified atom stereocenters. The van der Waals surface area contributed by atoms with Crippen LogP contribution >= 0.6 is 11.6 Å². The molecule has 0 saturated heterocycles. The molecule has 0 spiro atoms. The number of alkyl halides is 4. The van der Waals surface area contributed by atoms with E-state index in [0.717, 1.165) is 18.4 Å². The molecule has 0 aromatic heterocycles. The smallest absolute Gasteiger partial charge is 0.406 e. The van der Waals surface area contributed by atoms with Gasteiger partial charge < -0.3 is 4.74 Å². The normalized spacial score (nSPS) is 13.7. The number of hydrogen-bond donors (Lipinski definition) is 0. The second-order valence-electron chi connectivity index (χ2n) is 4.49. The third-order valence-electron chi connectivity index (χ3n) is 2.59. The molecular formula is C13H16ClF3O. The average Bonchev–Trinajstić information content (AvgIpc) is 2.25. The van der Waals surface area contributed by atoms with Crippen LogP contribution in [0.1, 0.15) is 25.8 Å². The summed E-state index contributed by atoms with van der Waals surface area (Å²) in [7, 11) is 0. The van der Waals surface area contributed by atoms with E-state index in [-0.39, 0.29) is 11.1 Å². The van der Waals surface area contributed by atoms with Crippen LogP contribution in [0.4, 0.5) is 13.2 Å². The Morgan fingerprint density at radius 3 is 2.17 bits per heavy atom. The van der Waals surface area contributed by atoms with Gasteiger partial charge in [-0.2, -0.15) is 0 Å². The second-order valence-corrected chi connectivity index (χ2v) is 5.05. The summed E-state index contributed by atoms with van der Waals surface area (Å²) in [5, 5.41) is 0.0797. The minimum absolute atomic E-state index is 0.0797. The summed E-state index contributed by atoms with van der Waals surface area (Å²) in [4.78, 5) is 0. The maximum Gasteiger partial charge on any atom is 0.573 e. The van der Waals surface area contributed by atoms with E-state index in [2.05, 4.69) is 4.74 Å². The van der Waals surface area contributed by atoms with E-state index in [1.807, 2.05) is 13.8 Å². The fourth-order valence-electron chi connectivity index (χ4n) is 1.50. The highest BCUT2D eigenvalue weighted by atomic mass is 35.5. The molecule has 5 heteroatoms. The first-order chi connectivity index (χ1) is 8.28. The lowest BCUT2D eigenvalue weighted by molar-refractivity contribution is -0.274. The third kappa shape index (κ3) is 5.63. The van der Waals surface area contributed by atoms with Gasteiger partial charge in [-0.05, 0) is 36.5 Å². The van der Waals surface area contributed by atoms with Crippen molar-refractivity contribution in [2.45, 2.75) is 38.4 Å². The van der Waals surface area contributed by atoms with Gasteiger partial charge in [0, 0.05) is 5.38 Å². The number of ether oxygens (including phenoxy) is 1. The molecule has 0 aliphatic heterocycles. The van der Waals surface area contributed by atoms with E-state index in [9.17, 15) is 13.2 Å². The van der Waals surface area contributed by atoms with Crippen LogP contribution in [0.5, 0.6) is 5.75 Å². The van der Waals surface area contributed by atoms with E-state index in [4.69, 9.17) is 11.6 Å². The van der Waals surface area contributed by atoms with Crippen LogP contribution in [0.3, 0.4) is 0 Å². The van der Waals surface area contributed by atoms with Crippen molar-refractivity contribution in [1.82, 2.24) is 0 Å². The largest absolute Gasteiger partial charge is 0.573 e. The first-order valence-corrected chi connectivity index (χ1v) is 6.20. The van der Waals surface area contributed by atoms with Crippen molar-refractivity contribution in [1.29, 1.82) is 0 Å². The molecule has 1 nitrogen and oxygen atoms in total. The topological polar surface area (TPSA) is 9.23 Å². The van der Waals surface area contributed by atoms with Crippen LogP contribution in [0.2, 0.25) is 0 Å². The zero-order valence-electron chi connectivity index (χ0n) is 10.3. The average molecular weight is 281 g/mol. The maximum atomic E-state index is 11.9. The Bertz CT molecular complexity index is 359. The fraction of sp³-hybridized carbons (Fsp3) is 0.538. The van der Waals surface area contributed by atoms with Gasteiger partial charge in [0.2, 0.25) is 0 Å². The summed E-state index contributed by atoms with van der Waals surface area (Å²) < 4.78 is 39.6. The Morgan fingerprint density at radius 1 is 1.17 bits per heavy atom. The van der Waals surface area contributed by atoms with Crippen LogP contribution in [-0.2, 0) is 6.42 Å². The molecule has 1 aromatic rings.